The van der Waals surface area contributed by atoms with Crippen LogP contribution in [0.4, 0.5) is 0 Å². The second kappa shape index (κ2) is 6.45. The number of carbonyl (C=O) groups excluding carboxylic acids is 1. The number of aromatic hydroxyl groups is 1. The highest BCUT2D eigenvalue weighted by Crippen LogP contribution is 2.31. The Labute approximate surface area is 146 Å². The quantitative estimate of drug-likeness (QED) is 0.683. The van der Waals surface area contributed by atoms with E-state index in [1.165, 1.54) is 7.11 Å². The Morgan fingerprint density at radius 1 is 1.12 bits per heavy atom. The summed E-state index contributed by atoms with van der Waals surface area (Å²) in [5.41, 5.74) is 0.810. The van der Waals surface area contributed by atoms with Gasteiger partial charge in [-0.15, -0.1) is 0 Å². The maximum atomic E-state index is 11.7. The van der Waals surface area contributed by atoms with Crippen molar-refractivity contribution in [1.82, 2.24) is 9.97 Å². The van der Waals surface area contributed by atoms with E-state index >= 15 is 0 Å². The van der Waals surface area contributed by atoms with Crippen LogP contribution in [0.3, 0.4) is 0 Å². The molecule has 0 fully saturated rings. The lowest BCUT2D eigenvalue weighted by molar-refractivity contribution is 0.0590. The molecule has 6 nitrogen and oxygen atoms in total. The summed E-state index contributed by atoms with van der Waals surface area (Å²) in [5.74, 6) is 0.0313. The molecule has 3 rings (SSSR count). The number of hydrogen-bond donors (Lipinski definition) is 1. The molecular weight excluding hydrogens is 376 g/mol. The van der Waals surface area contributed by atoms with Gasteiger partial charge >= 0.3 is 5.97 Å². The number of aryl methyl sites for hydroxylation is 1. The molecule has 0 spiro atoms. The van der Waals surface area contributed by atoms with Gasteiger partial charge in [0.15, 0.2) is 11.4 Å². The smallest absolute Gasteiger partial charge is 0.360 e. The second-order valence-electron chi connectivity index (χ2n) is 4.99. The van der Waals surface area contributed by atoms with E-state index in [4.69, 9.17) is 4.74 Å². The number of rotatable bonds is 3. The van der Waals surface area contributed by atoms with Gasteiger partial charge in [0.05, 0.1) is 18.3 Å². The molecule has 2 heterocycles. The number of benzene rings is 1. The monoisotopic (exact) mass is 388 g/mol. The van der Waals surface area contributed by atoms with Gasteiger partial charge in [0, 0.05) is 15.9 Å². The van der Waals surface area contributed by atoms with Gasteiger partial charge < -0.3 is 14.6 Å². The van der Waals surface area contributed by atoms with E-state index in [9.17, 15) is 9.90 Å². The lowest BCUT2D eigenvalue weighted by Crippen LogP contribution is -2.07. The molecule has 122 valence electrons. The zero-order valence-corrected chi connectivity index (χ0v) is 14.5. The summed E-state index contributed by atoms with van der Waals surface area (Å²) in [5, 5.41) is 10.6. The van der Waals surface area contributed by atoms with E-state index < -0.39 is 5.97 Å². The van der Waals surface area contributed by atoms with Crippen molar-refractivity contribution in [2.75, 3.05) is 7.11 Å². The summed E-state index contributed by atoms with van der Waals surface area (Å²) >= 11 is 3.36. The van der Waals surface area contributed by atoms with Crippen molar-refractivity contribution in [3.8, 4) is 17.4 Å². The lowest BCUT2D eigenvalue weighted by atomic mass is 10.1. The Morgan fingerprint density at radius 2 is 1.83 bits per heavy atom. The number of nitrogens with zero attached hydrogens (tertiary/aromatic N) is 2. The predicted octanol–water partition coefficient (Wildman–Crippen LogP) is 3.99. The summed E-state index contributed by atoms with van der Waals surface area (Å²) in [4.78, 5) is 20.1. The first-order chi connectivity index (χ1) is 11.5. The topological polar surface area (TPSA) is 81.5 Å². The van der Waals surface area contributed by atoms with Crippen molar-refractivity contribution in [2.45, 2.75) is 6.92 Å². The molecule has 0 unspecified atom stereocenters. The third kappa shape index (κ3) is 3.03. The van der Waals surface area contributed by atoms with E-state index in [1.54, 1.807) is 31.2 Å². The molecule has 0 saturated heterocycles. The van der Waals surface area contributed by atoms with Gasteiger partial charge in [0.2, 0.25) is 5.88 Å². The highest BCUT2D eigenvalue weighted by Gasteiger charge is 2.19. The van der Waals surface area contributed by atoms with Crippen LogP contribution in [0.2, 0.25) is 0 Å². The minimum absolute atomic E-state index is 0.133. The number of halogens is 1. The Balaban J connectivity index is 2.04. The van der Waals surface area contributed by atoms with Crippen LogP contribution in [0.1, 0.15) is 16.2 Å². The van der Waals surface area contributed by atoms with Crippen molar-refractivity contribution >= 4 is 32.8 Å². The van der Waals surface area contributed by atoms with Gasteiger partial charge in [0.25, 0.3) is 0 Å². The van der Waals surface area contributed by atoms with Gasteiger partial charge in [-0.1, -0.05) is 15.9 Å². The highest BCUT2D eigenvalue weighted by molar-refractivity contribution is 9.10. The van der Waals surface area contributed by atoms with Crippen molar-refractivity contribution in [3.63, 3.8) is 0 Å². The SMILES string of the molecule is COC(=O)c1nc(C)c2nc(Oc3ccc(Br)cc3)ccc2c1O. The first kappa shape index (κ1) is 16.2. The maximum Gasteiger partial charge on any atom is 0.360 e. The summed E-state index contributed by atoms with van der Waals surface area (Å²) in [6, 6.07) is 10.6. The molecule has 7 heteroatoms. The van der Waals surface area contributed by atoms with E-state index in [1.807, 2.05) is 12.1 Å². The van der Waals surface area contributed by atoms with Crippen LogP contribution in [-0.4, -0.2) is 28.2 Å². The molecule has 0 radical (unpaired) electrons. The molecule has 1 N–H and O–H groups in total. The predicted molar refractivity (Wildman–Crippen MR) is 91.5 cm³/mol. The van der Waals surface area contributed by atoms with Crippen molar-refractivity contribution in [1.29, 1.82) is 0 Å². The van der Waals surface area contributed by atoms with Gasteiger partial charge in [-0.3, -0.25) is 0 Å². The standard InChI is InChI=1S/C17H13BrN2O4/c1-9-14-12(16(21)15(19-9)17(22)23-2)7-8-13(20-14)24-11-5-3-10(18)4-6-11/h3-8,21H,1-2H3. The zero-order chi connectivity index (χ0) is 17.3. The Morgan fingerprint density at radius 3 is 2.50 bits per heavy atom. The number of esters is 1. The largest absolute Gasteiger partial charge is 0.505 e. The van der Waals surface area contributed by atoms with E-state index in [0.29, 0.717) is 28.2 Å². The molecule has 0 atom stereocenters. The van der Waals surface area contributed by atoms with E-state index in [2.05, 4.69) is 30.6 Å². The highest BCUT2D eigenvalue weighted by atomic mass is 79.9. The van der Waals surface area contributed by atoms with Crippen molar-refractivity contribution < 1.29 is 19.4 Å². The number of ether oxygens (including phenoxy) is 2. The molecular formula is C17H13BrN2O4. The van der Waals surface area contributed by atoms with Crippen LogP contribution >= 0.6 is 15.9 Å². The normalized spacial score (nSPS) is 10.6. The van der Waals surface area contributed by atoms with Crippen LogP contribution in [0.25, 0.3) is 10.9 Å². The molecule has 24 heavy (non-hydrogen) atoms. The summed E-state index contributed by atoms with van der Waals surface area (Å²) < 4.78 is 11.3. The van der Waals surface area contributed by atoms with Gasteiger partial charge in [0.1, 0.15) is 5.75 Å². The molecule has 0 aliphatic rings. The number of aromatic nitrogens is 2. The molecule has 0 amide bonds. The minimum atomic E-state index is -0.701. The van der Waals surface area contributed by atoms with Crippen LogP contribution in [0.15, 0.2) is 40.9 Å². The Kier molecular flexibility index (Phi) is 4.35. The van der Waals surface area contributed by atoms with Crippen LogP contribution in [-0.2, 0) is 4.74 Å². The molecule has 1 aromatic carbocycles. The summed E-state index contributed by atoms with van der Waals surface area (Å²) in [7, 11) is 1.23. The maximum absolute atomic E-state index is 11.7. The van der Waals surface area contributed by atoms with Crippen molar-refractivity contribution in [2.24, 2.45) is 0 Å². The fourth-order valence-corrected chi connectivity index (χ4v) is 2.49. The summed E-state index contributed by atoms with van der Waals surface area (Å²) in [6.45, 7) is 1.70. The van der Waals surface area contributed by atoms with Gasteiger partial charge in [-0.25, -0.2) is 14.8 Å². The third-order valence-corrected chi connectivity index (χ3v) is 3.91. The minimum Gasteiger partial charge on any atom is -0.505 e. The van der Waals surface area contributed by atoms with Crippen LogP contribution in [0, 0.1) is 6.92 Å². The number of fused-ring (bicyclic) bond motifs is 1. The van der Waals surface area contributed by atoms with E-state index in [0.717, 1.165) is 4.47 Å². The lowest BCUT2D eigenvalue weighted by Gasteiger charge is -2.10. The Bertz CT molecular complexity index is 926. The Hall–Kier alpha value is -2.67. The number of pyridine rings is 2. The average molecular weight is 389 g/mol. The molecule has 2 aromatic heterocycles. The average Bonchev–Trinajstić information content (AvgIpc) is 2.59. The van der Waals surface area contributed by atoms with Gasteiger partial charge in [-0.05, 0) is 37.3 Å². The molecule has 0 aliphatic carbocycles. The zero-order valence-electron chi connectivity index (χ0n) is 12.9. The third-order valence-electron chi connectivity index (χ3n) is 3.39. The first-order valence-electron chi connectivity index (χ1n) is 7.01. The number of carbonyl (C=O) groups is 1. The summed E-state index contributed by atoms with van der Waals surface area (Å²) in [6.07, 6.45) is 0. The fourth-order valence-electron chi connectivity index (χ4n) is 2.23. The molecule has 3 aromatic rings. The number of hydrogen-bond acceptors (Lipinski definition) is 6. The van der Waals surface area contributed by atoms with Crippen molar-refractivity contribution in [3.05, 3.63) is 52.3 Å². The first-order valence-corrected chi connectivity index (χ1v) is 7.81. The fraction of sp³-hybridized carbons (Fsp3) is 0.118. The molecule has 0 bridgehead atoms. The number of methoxy groups -OCH3 is 1. The van der Waals surface area contributed by atoms with Crippen LogP contribution in [0.5, 0.6) is 17.4 Å². The molecule has 0 saturated carbocycles. The second-order valence-corrected chi connectivity index (χ2v) is 5.90. The molecule has 0 aliphatic heterocycles. The van der Waals surface area contributed by atoms with Crippen LogP contribution < -0.4 is 4.74 Å². The van der Waals surface area contributed by atoms with Gasteiger partial charge in [-0.2, -0.15) is 0 Å². The van der Waals surface area contributed by atoms with E-state index in [-0.39, 0.29) is 11.4 Å².